The molecule has 1 saturated carbocycles. The van der Waals surface area contributed by atoms with Gasteiger partial charge in [-0.1, -0.05) is 20.3 Å². The van der Waals surface area contributed by atoms with Crippen molar-refractivity contribution < 1.29 is 19.1 Å². The lowest BCUT2D eigenvalue weighted by Gasteiger charge is -2.37. The third-order valence-corrected chi connectivity index (χ3v) is 8.38. The van der Waals surface area contributed by atoms with E-state index in [1.165, 1.54) is 0 Å². The van der Waals surface area contributed by atoms with Crippen LogP contribution in [0.5, 0.6) is 0 Å². The van der Waals surface area contributed by atoms with Gasteiger partial charge in [-0.15, -0.1) is 0 Å². The van der Waals surface area contributed by atoms with Crippen molar-refractivity contribution in [2.45, 2.75) is 108 Å². The predicted octanol–water partition coefficient (Wildman–Crippen LogP) is 3.43. The number of nitrogens with one attached hydrogen (secondary N) is 2. The third kappa shape index (κ3) is 8.63. The maximum atomic E-state index is 13.7. The summed E-state index contributed by atoms with van der Waals surface area (Å²) in [5.41, 5.74) is 5.99. The summed E-state index contributed by atoms with van der Waals surface area (Å²) in [5.74, 6) is 1.05. The Labute approximate surface area is 209 Å². The largest absolute Gasteiger partial charge is 0.450 e. The van der Waals surface area contributed by atoms with Gasteiger partial charge in [-0.3, -0.25) is 9.59 Å². The first-order chi connectivity index (χ1) is 16.2. The van der Waals surface area contributed by atoms with Crippen LogP contribution in [0.4, 0.5) is 4.79 Å². The molecule has 1 aliphatic carbocycles. The minimum absolute atomic E-state index is 0.0931. The molecule has 0 aromatic carbocycles. The van der Waals surface area contributed by atoms with E-state index >= 15 is 0 Å². The zero-order valence-electron chi connectivity index (χ0n) is 21.6. The summed E-state index contributed by atoms with van der Waals surface area (Å²) in [4.78, 5) is 40.9. The number of nitrogens with zero attached hydrogens (tertiary/aromatic N) is 1. The molecule has 2 atom stereocenters. The standard InChI is InChI=1S/C25H46N4O4S/c1-5-7-16-34-25(3,4)21(28-24(32)33-15-6-2)23(31)29-14-8-9-20(29)22(30)27-17-18-10-12-19(26)13-11-18/h18-21H,5-17,26H2,1-4H3,(H,27,30)(H,28,32)/t18-,19-,20-,21-/m0/s1. The Balaban J connectivity index is 2.06. The smallest absolute Gasteiger partial charge is 0.407 e. The Kier molecular flexibility index (Phi) is 12.0. The van der Waals surface area contributed by atoms with Gasteiger partial charge >= 0.3 is 6.09 Å². The first kappa shape index (κ1) is 28.8. The van der Waals surface area contributed by atoms with Crippen LogP contribution in [0.25, 0.3) is 0 Å². The quantitative estimate of drug-likeness (QED) is 0.355. The summed E-state index contributed by atoms with van der Waals surface area (Å²) in [6, 6.07) is -0.986. The molecule has 3 amide bonds. The molecule has 0 unspecified atom stereocenters. The van der Waals surface area contributed by atoms with Crippen LogP contribution in [-0.4, -0.2) is 71.1 Å². The maximum Gasteiger partial charge on any atom is 0.407 e. The average Bonchev–Trinajstić information content (AvgIpc) is 3.30. The van der Waals surface area contributed by atoms with Gasteiger partial charge in [0.25, 0.3) is 0 Å². The summed E-state index contributed by atoms with van der Waals surface area (Å²) in [6.07, 6.45) is 7.71. The summed E-state index contributed by atoms with van der Waals surface area (Å²) < 4.78 is 4.68. The zero-order chi connectivity index (χ0) is 25.1. The van der Waals surface area contributed by atoms with E-state index in [4.69, 9.17) is 10.5 Å². The highest BCUT2D eigenvalue weighted by atomic mass is 32.2. The van der Waals surface area contributed by atoms with Crippen LogP contribution in [0.2, 0.25) is 0 Å². The van der Waals surface area contributed by atoms with Crippen molar-refractivity contribution in [3.05, 3.63) is 0 Å². The van der Waals surface area contributed by atoms with Crippen molar-refractivity contribution in [2.24, 2.45) is 11.7 Å². The van der Waals surface area contributed by atoms with Crippen molar-refractivity contribution >= 4 is 29.7 Å². The number of hydrogen-bond donors (Lipinski definition) is 3. The van der Waals surface area contributed by atoms with Crippen LogP contribution in [0, 0.1) is 5.92 Å². The molecule has 4 N–H and O–H groups in total. The minimum Gasteiger partial charge on any atom is -0.450 e. The second-order valence-electron chi connectivity index (χ2n) is 10.2. The fraction of sp³-hybridized carbons (Fsp3) is 0.880. The van der Waals surface area contributed by atoms with Crippen molar-refractivity contribution in [3.63, 3.8) is 0 Å². The summed E-state index contributed by atoms with van der Waals surface area (Å²) >= 11 is 1.67. The second kappa shape index (κ2) is 14.2. The van der Waals surface area contributed by atoms with E-state index in [9.17, 15) is 14.4 Å². The van der Waals surface area contributed by atoms with Crippen LogP contribution in [0.1, 0.15) is 85.5 Å². The Morgan fingerprint density at radius 3 is 2.47 bits per heavy atom. The molecular weight excluding hydrogens is 452 g/mol. The van der Waals surface area contributed by atoms with Gasteiger partial charge in [-0.25, -0.2) is 4.79 Å². The number of ether oxygens (including phenoxy) is 1. The van der Waals surface area contributed by atoms with Crippen molar-refractivity contribution in [1.29, 1.82) is 0 Å². The first-order valence-electron chi connectivity index (χ1n) is 13.1. The monoisotopic (exact) mass is 498 g/mol. The van der Waals surface area contributed by atoms with E-state index in [0.29, 0.717) is 38.5 Å². The third-order valence-electron chi connectivity index (χ3n) is 6.91. The number of carbonyl (C=O) groups excluding carboxylic acids is 3. The summed E-state index contributed by atoms with van der Waals surface area (Å²) in [6.45, 7) is 9.47. The van der Waals surface area contributed by atoms with Crippen molar-refractivity contribution in [1.82, 2.24) is 15.5 Å². The molecule has 1 aliphatic heterocycles. The second-order valence-corrected chi connectivity index (χ2v) is 12.0. The van der Waals surface area contributed by atoms with E-state index in [0.717, 1.165) is 50.7 Å². The predicted molar refractivity (Wildman–Crippen MR) is 138 cm³/mol. The average molecular weight is 499 g/mol. The molecule has 9 heteroatoms. The Morgan fingerprint density at radius 1 is 1.12 bits per heavy atom. The molecule has 2 rings (SSSR count). The Hall–Kier alpha value is -1.48. The van der Waals surface area contributed by atoms with E-state index in [1.807, 2.05) is 20.8 Å². The van der Waals surface area contributed by atoms with E-state index in [2.05, 4.69) is 17.6 Å². The zero-order valence-corrected chi connectivity index (χ0v) is 22.4. The molecule has 1 heterocycles. The highest BCUT2D eigenvalue weighted by molar-refractivity contribution is 8.00. The first-order valence-corrected chi connectivity index (χ1v) is 14.1. The van der Waals surface area contributed by atoms with E-state index in [-0.39, 0.29) is 17.9 Å². The number of alkyl carbamates (subject to hydrolysis) is 1. The van der Waals surface area contributed by atoms with Crippen LogP contribution in [-0.2, 0) is 14.3 Å². The molecule has 0 bridgehead atoms. The van der Waals surface area contributed by atoms with Crippen LogP contribution in [0.3, 0.4) is 0 Å². The van der Waals surface area contributed by atoms with Gasteiger partial charge in [-0.2, -0.15) is 11.8 Å². The lowest BCUT2D eigenvalue weighted by Crippen LogP contribution is -2.60. The number of unbranched alkanes of at least 4 members (excludes halogenated alkanes) is 1. The molecule has 8 nitrogen and oxygen atoms in total. The van der Waals surface area contributed by atoms with Gasteiger partial charge in [0, 0.05) is 23.9 Å². The molecule has 2 aliphatic rings. The number of nitrogens with two attached hydrogens (primary N) is 1. The molecule has 196 valence electrons. The van der Waals surface area contributed by atoms with Gasteiger partial charge in [0.05, 0.1) is 6.61 Å². The van der Waals surface area contributed by atoms with Gasteiger partial charge in [0.2, 0.25) is 11.8 Å². The number of hydrogen-bond acceptors (Lipinski definition) is 6. The van der Waals surface area contributed by atoms with Crippen LogP contribution < -0.4 is 16.4 Å². The molecule has 0 aromatic heterocycles. The molecular formula is C25H46N4O4S. The number of rotatable bonds is 12. The normalized spacial score (nSPS) is 23.9. The lowest BCUT2D eigenvalue weighted by atomic mass is 9.86. The number of likely N-dealkylation sites (tertiary alicyclic amines) is 1. The topological polar surface area (TPSA) is 114 Å². The van der Waals surface area contributed by atoms with Crippen LogP contribution >= 0.6 is 11.8 Å². The Morgan fingerprint density at radius 2 is 1.82 bits per heavy atom. The molecule has 34 heavy (non-hydrogen) atoms. The molecule has 0 aromatic rings. The molecule has 1 saturated heterocycles. The highest BCUT2D eigenvalue weighted by Gasteiger charge is 2.44. The Bertz CT molecular complexity index is 667. The summed E-state index contributed by atoms with van der Waals surface area (Å²) in [7, 11) is 0. The van der Waals surface area contributed by atoms with E-state index in [1.54, 1.807) is 16.7 Å². The minimum atomic E-state index is -0.771. The number of thioether (sulfide) groups is 1. The SMILES string of the molecule is CCCCSC(C)(C)[C@@H](NC(=O)OCCC)C(=O)N1CCC[C@H]1C(=O)NC[C@H]1CC[C@H](N)CC1. The molecule has 0 spiro atoms. The fourth-order valence-corrected chi connectivity index (χ4v) is 5.96. The molecule has 2 fully saturated rings. The van der Waals surface area contributed by atoms with Crippen LogP contribution in [0.15, 0.2) is 0 Å². The molecule has 0 radical (unpaired) electrons. The van der Waals surface area contributed by atoms with E-state index < -0.39 is 22.9 Å². The summed E-state index contributed by atoms with van der Waals surface area (Å²) in [5, 5.41) is 5.92. The fourth-order valence-electron chi connectivity index (χ4n) is 4.67. The van der Waals surface area contributed by atoms with Gasteiger partial charge in [0.15, 0.2) is 0 Å². The number of carbonyl (C=O) groups is 3. The van der Waals surface area contributed by atoms with Gasteiger partial charge < -0.3 is 26.0 Å². The lowest BCUT2D eigenvalue weighted by molar-refractivity contribution is -0.140. The van der Waals surface area contributed by atoms with Crippen molar-refractivity contribution in [2.75, 3.05) is 25.4 Å². The van der Waals surface area contributed by atoms with Crippen molar-refractivity contribution in [3.8, 4) is 0 Å². The van der Waals surface area contributed by atoms with Gasteiger partial charge in [-0.05, 0) is 76.9 Å². The maximum absolute atomic E-state index is 13.7. The highest BCUT2D eigenvalue weighted by Crippen LogP contribution is 2.32. The number of amides is 3. The van der Waals surface area contributed by atoms with Gasteiger partial charge in [0.1, 0.15) is 12.1 Å².